The molecule has 2 rings (SSSR count). The van der Waals surface area contributed by atoms with Crippen molar-refractivity contribution in [1.82, 2.24) is 15.0 Å². The molecule has 86 valence electrons. The summed E-state index contributed by atoms with van der Waals surface area (Å²) < 4.78 is 0. The van der Waals surface area contributed by atoms with E-state index >= 15 is 0 Å². The van der Waals surface area contributed by atoms with Gasteiger partial charge in [-0.15, -0.1) is 0 Å². The molecule has 0 atom stereocenters. The summed E-state index contributed by atoms with van der Waals surface area (Å²) in [6.07, 6.45) is 3.07. The highest BCUT2D eigenvalue weighted by molar-refractivity contribution is 7.99. The van der Waals surface area contributed by atoms with Gasteiger partial charge in [-0.05, 0) is 36.9 Å². The van der Waals surface area contributed by atoms with Crippen LogP contribution in [-0.4, -0.2) is 26.0 Å². The monoisotopic (exact) mass is 247 g/mol. The van der Waals surface area contributed by atoms with Crippen molar-refractivity contribution in [2.75, 3.05) is 0 Å². The normalized spacial score (nSPS) is 10.2. The first-order chi connectivity index (χ1) is 8.15. The molecular formula is C11H9N3O2S. The molecule has 0 radical (unpaired) electrons. The van der Waals surface area contributed by atoms with Crippen LogP contribution in [0.15, 0.2) is 40.8 Å². The number of rotatable bonds is 3. The van der Waals surface area contributed by atoms with Gasteiger partial charge in [-0.3, -0.25) is 0 Å². The molecule has 0 amide bonds. The largest absolute Gasteiger partial charge is 0.478 e. The van der Waals surface area contributed by atoms with Crippen LogP contribution < -0.4 is 0 Å². The molecule has 5 nitrogen and oxygen atoms in total. The van der Waals surface area contributed by atoms with Crippen LogP contribution in [-0.2, 0) is 0 Å². The molecule has 0 saturated heterocycles. The summed E-state index contributed by atoms with van der Waals surface area (Å²) in [4.78, 5) is 23.0. The molecule has 0 aliphatic carbocycles. The van der Waals surface area contributed by atoms with Crippen LogP contribution in [0.4, 0.5) is 0 Å². The molecule has 1 N–H and O–H groups in total. The average Bonchev–Trinajstić information content (AvgIpc) is 2.29. The lowest BCUT2D eigenvalue weighted by molar-refractivity contribution is 0.0696. The first kappa shape index (κ1) is 11.5. The van der Waals surface area contributed by atoms with E-state index in [1.54, 1.807) is 19.2 Å². The van der Waals surface area contributed by atoms with Gasteiger partial charge in [0.15, 0.2) is 0 Å². The third kappa shape index (κ3) is 3.01. The fourth-order valence-corrected chi connectivity index (χ4v) is 2.08. The van der Waals surface area contributed by atoms with Gasteiger partial charge in [0.25, 0.3) is 0 Å². The van der Waals surface area contributed by atoms with E-state index < -0.39 is 5.97 Å². The van der Waals surface area contributed by atoms with E-state index in [1.807, 2.05) is 0 Å². The van der Waals surface area contributed by atoms with Crippen molar-refractivity contribution in [3.63, 3.8) is 0 Å². The first-order valence-corrected chi connectivity index (χ1v) is 5.62. The Bertz CT molecular complexity index is 546. The smallest absolute Gasteiger partial charge is 0.335 e. The molecular weight excluding hydrogens is 238 g/mol. The molecule has 0 unspecified atom stereocenters. The average molecular weight is 247 g/mol. The number of carboxylic acid groups (broad SMARTS) is 1. The van der Waals surface area contributed by atoms with E-state index in [0.29, 0.717) is 10.7 Å². The Balaban J connectivity index is 2.30. The van der Waals surface area contributed by atoms with Crippen molar-refractivity contribution < 1.29 is 9.90 Å². The summed E-state index contributed by atoms with van der Waals surface area (Å²) in [7, 11) is 0. The zero-order valence-electron chi connectivity index (χ0n) is 8.99. The zero-order chi connectivity index (χ0) is 12.3. The van der Waals surface area contributed by atoms with Crippen LogP contribution in [0.25, 0.3) is 0 Å². The van der Waals surface area contributed by atoms with Gasteiger partial charge in [-0.25, -0.2) is 19.7 Å². The summed E-state index contributed by atoms with van der Waals surface area (Å²) in [5.41, 5.74) is 0.899. The lowest BCUT2D eigenvalue weighted by atomic mass is 10.2. The lowest BCUT2D eigenvalue weighted by Gasteiger charge is -2.03. The van der Waals surface area contributed by atoms with Gasteiger partial charge in [-0.1, -0.05) is 0 Å². The summed E-state index contributed by atoms with van der Waals surface area (Å²) in [5.74, 6) is -0.958. The molecule has 17 heavy (non-hydrogen) atoms. The van der Waals surface area contributed by atoms with E-state index in [4.69, 9.17) is 5.11 Å². The van der Waals surface area contributed by atoms with Crippen LogP contribution in [0.1, 0.15) is 16.1 Å². The predicted molar refractivity (Wildman–Crippen MR) is 62.1 cm³/mol. The van der Waals surface area contributed by atoms with E-state index in [0.717, 1.165) is 5.03 Å². The van der Waals surface area contributed by atoms with Gasteiger partial charge >= 0.3 is 5.97 Å². The number of pyridine rings is 1. The van der Waals surface area contributed by atoms with E-state index in [-0.39, 0.29) is 5.56 Å². The third-order valence-electron chi connectivity index (χ3n) is 1.94. The van der Waals surface area contributed by atoms with Crippen LogP contribution in [0.2, 0.25) is 0 Å². The lowest BCUT2D eigenvalue weighted by Crippen LogP contribution is -1.99. The van der Waals surface area contributed by atoms with E-state index in [2.05, 4.69) is 15.0 Å². The Labute approximate surface area is 102 Å². The number of nitrogens with zero attached hydrogens (tertiary/aromatic N) is 3. The fourth-order valence-electron chi connectivity index (χ4n) is 1.26. The molecule has 2 aromatic heterocycles. The van der Waals surface area contributed by atoms with Crippen molar-refractivity contribution in [3.8, 4) is 0 Å². The summed E-state index contributed by atoms with van der Waals surface area (Å²) in [6.45, 7) is 1.76. The molecule has 2 heterocycles. The zero-order valence-corrected chi connectivity index (χ0v) is 9.81. The predicted octanol–water partition coefficient (Wildman–Crippen LogP) is 2.03. The van der Waals surface area contributed by atoms with Gasteiger partial charge < -0.3 is 5.11 Å². The molecule has 0 aromatic carbocycles. The minimum atomic E-state index is -0.958. The highest BCUT2D eigenvalue weighted by atomic mass is 32.2. The van der Waals surface area contributed by atoms with E-state index in [1.165, 1.54) is 30.2 Å². The number of hydrogen-bond donors (Lipinski definition) is 1. The van der Waals surface area contributed by atoms with Crippen molar-refractivity contribution in [2.45, 2.75) is 17.0 Å². The van der Waals surface area contributed by atoms with Crippen molar-refractivity contribution in [3.05, 3.63) is 42.0 Å². The van der Waals surface area contributed by atoms with Gasteiger partial charge in [0, 0.05) is 11.9 Å². The van der Waals surface area contributed by atoms with Crippen LogP contribution in [0, 0.1) is 6.92 Å². The second-order valence-corrected chi connectivity index (χ2v) is 4.33. The number of aryl methyl sites for hydroxylation is 1. The minimum Gasteiger partial charge on any atom is -0.478 e. The number of aromatic carboxylic acids is 1. The Morgan fingerprint density at radius 3 is 2.82 bits per heavy atom. The molecule has 6 heteroatoms. The number of carbonyl (C=O) groups is 1. The Kier molecular flexibility index (Phi) is 3.34. The first-order valence-electron chi connectivity index (χ1n) is 4.81. The van der Waals surface area contributed by atoms with Crippen LogP contribution in [0.5, 0.6) is 0 Å². The number of aromatic nitrogens is 3. The minimum absolute atomic E-state index is 0.231. The maximum absolute atomic E-state index is 10.9. The summed E-state index contributed by atoms with van der Waals surface area (Å²) in [5, 5.41) is 10.3. The molecule has 0 fully saturated rings. The van der Waals surface area contributed by atoms with Gasteiger partial charge in [0.05, 0.1) is 5.56 Å². The molecule has 0 spiro atoms. The van der Waals surface area contributed by atoms with Gasteiger partial charge in [0.2, 0.25) is 0 Å². The van der Waals surface area contributed by atoms with Crippen LogP contribution in [0.3, 0.4) is 0 Å². The van der Waals surface area contributed by atoms with Crippen molar-refractivity contribution in [2.24, 2.45) is 0 Å². The van der Waals surface area contributed by atoms with Crippen molar-refractivity contribution >= 4 is 17.7 Å². The highest BCUT2D eigenvalue weighted by Gasteiger charge is 2.08. The molecule has 2 aromatic rings. The van der Waals surface area contributed by atoms with Gasteiger partial charge in [0.1, 0.15) is 16.4 Å². The fraction of sp³-hybridized carbons (Fsp3) is 0.0909. The van der Waals surface area contributed by atoms with Crippen molar-refractivity contribution in [1.29, 1.82) is 0 Å². The second-order valence-electron chi connectivity index (χ2n) is 3.29. The Morgan fingerprint density at radius 1 is 1.35 bits per heavy atom. The van der Waals surface area contributed by atoms with Crippen LogP contribution >= 0.6 is 11.8 Å². The quantitative estimate of drug-likeness (QED) is 0.836. The maximum Gasteiger partial charge on any atom is 0.335 e. The number of hydrogen-bond acceptors (Lipinski definition) is 5. The SMILES string of the molecule is Cc1cc(C(=O)O)cc(Sc2ccncn2)n1. The van der Waals surface area contributed by atoms with E-state index in [9.17, 15) is 4.79 Å². The number of carboxylic acids is 1. The standard InChI is InChI=1S/C11H9N3O2S/c1-7-4-8(11(15)16)5-10(14-7)17-9-2-3-12-6-13-9/h2-6H,1H3,(H,15,16). The maximum atomic E-state index is 10.9. The molecule has 0 bridgehead atoms. The highest BCUT2D eigenvalue weighted by Crippen LogP contribution is 2.24. The molecule has 0 saturated carbocycles. The molecule has 0 aliphatic heterocycles. The Hall–Kier alpha value is -1.95. The Morgan fingerprint density at radius 2 is 2.18 bits per heavy atom. The second kappa shape index (κ2) is 4.92. The summed E-state index contributed by atoms with van der Waals surface area (Å²) >= 11 is 1.31. The topological polar surface area (TPSA) is 76.0 Å². The molecule has 0 aliphatic rings. The summed E-state index contributed by atoms with van der Waals surface area (Å²) in [6, 6.07) is 4.81. The third-order valence-corrected chi connectivity index (χ3v) is 2.81. The van der Waals surface area contributed by atoms with Gasteiger partial charge in [-0.2, -0.15) is 0 Å².